The third-order valence-corrected chi connectivity index (χ3v) is 6.75. The first kappa shape index (κ1) is 21.0. The molecule has 0 bridgehead atoms. The predicted octanol–water partition coefficient (Wildman–Crippen LogP) is 3.25. The van der Waals surface area contributed by atoms with Gasteiger partial charge in [-0.05, 0) is 19.4 Å². The quantitative estimate of drug-likeness (QED) is 0.519. The number of hydrogen-bond donors (Lipinski definition) is 0. The Bertz CT molecular complexity index is 967. The van der Waals surface area contributed by atoms with Gasteiger partial charge in [-0.15, -0.1) is 21.5 Å². The zero-order chi connectivity index (χ0) is 20.9. The topological polar surface area (TPSA) is 75.4 Å². The molecule has 1 atom stereocenters. The Kier molecular flexibility index (Phi) is 6.81. The average Bonchev–Trinajstić information content (AvgIpc) is 3.37. The van der Waals surface area contributed by atoms with E-state index >= 15 is 0 Å². The van der Waals surface area contributed by atoms with E-state index in [2.05, 4.69) is 44.3 Å². The molecule has 1 fully saturated rings. The zero-order valence-corrected chi connectivity index (χ0v) is 18.8. The van der Waals surface area contributed by atoms with Crippen molar-refractivity contribution in [2.75, 3.05) is 26.2 Å². The van der Waals surface area contributed by atoms with E-state index in [1.54, 1.807) is 11.3 Å². The normalized spacial score (nSPS) is 16.0. The van der Waals surface area contributed by atoms with Gasteiger partial charge in [0.25, 0.3) is 5.22 Å². The van der Waals surface area contributed by atoms with Gasteiger partial charge in [-0.2, -0.15) is 0 Å². The Morgan fingerprint density at radius 2 is 1.97 bits per heavy atom. The lowest BCUT2D eigenvalue weighted by atomic mass is 10.2. The number of thioether (sulfide) groups is 1. The maximum atomic E-state index is 12.9. The molecule has 0 radical (unpaired) electrons. The third kappa shape index (κ3) is 5.47. The largest absolute Gasteiger partial charge is 0.416 e. The minimum absolute atomic E-state index is 0.120. The van der Waals surface area contributed by atoms with Crippen molar-refractivity contribution in [3.8, 4) is 0 Å². The van der Waals surface area contributed by atoms with Crippen LogP contribution in [0.4, 0.5) is 0 Å². The molecule has 1 amide bonds. The molecule has 7 nitrogen and oxygen atoms in total. The lowest BCUT2D eigenvalue weighted by Crippen LogP contribution is -2.50. The van der Waals surface area contributed by atoms with Gasteiger partial charge in [0.15, 0.2) is 0 Å². The molecule has 9 heteroatoms. The monoisotopic (exact) mass is 443 g/mol. The molecular formula is C21H25N5O2S2. The number of amides is 1. The zero-order valence-electron chi connectivity index (χ0n) is 17.2. The summed E-state index contributed by atoms with van der Waals surface area (Å²) in [5.41, 5.74) is 2.23. The highest BCUT2D eigenvalue weighted by Crippen LogP contribution is 2.24. The molecule has 158 valence electrons. The van der Waals surface area contributed by atoms with Crippen molar-refractivity contribution >= 4 is 29.0 Å². The summed E-state index contributed by atoms with van der Waals surface area (Å²) in [5.74, 6) is 0.645. The first-order valence-electron chi connectivity index (χ1n) is 10.0. The maximum Gasteiger partial charge on any atom is 0.277 e. The summed E-state index contributed by atoms with van der Waals surface area (Å²) in [6.45, 7) is 8.06. The first-order valence-corrected chi connectivity index (χ1v) is 11.8. The molecule has 1 saturated heterocycles. The third-order valence-electron chi connectivity index (χ3n) is 5.01. The van der Waals surface area contributed by atoms with Crippen LogP contribution in [-0.2, 0) is 17.8 Å². The summed E-state index contributed by atoms with van der Waals surface area (Å²) in [6, 6.07) is 10.4. The van der Waals surface area contributed by atoms with Crippen molar-refractivity contribution in [3.63, 3.8) is 0 Å². The van der Waals surface area contributed by atoms with Gasteiger partial charge in [-0.3, -0.25) is 9.69 Å². The number of aromatic nitrogens is 3. The van der Waals surface area contributed by atoms with Gasteiger partial charge in [-0.25, -0.2) is 4.98 Å². The van der Waals surface area contributed by atoms with Crippen LogP contribution in [0.15, 0.2) is 45.4 Å². The second-order valence-corrected chi connectivity index (χ2v) is 9.70. The van der Waals surface area contributed by atoms with Gasteiger partial charge in [0, 0.05) is 38.1 Å². The molecule has 0 spiro atoms. The van der Waals surface area contributed by atoms with Crippen LogP contribution in [0.2, 0.25) is 0 Å². The van der Waals surface area contributed by atoms with Crippen molar-refractivity contribution in [3.05, 3.63) is 57.9 Å². The van der Waals surface area contributed by atoms with Crippen LogP contribution < -0.4 is 0 Å². The number of nitrogens with zero attached hydrogens (tertiary/aromatic N) is 5. The van der Waals surface area contributed by atoms with Crippen molar-refractivity contribution in [1.29, 1.82) is 0 Å². The van der Waals surface area contributed by atoms with Crippen molar-refractivity contribution < 1.29 is 9.21 Å². The number of carbonyl (C=O) groups is 1. The molecule has 4 rings (SSSR count). The molecular weight excluding hydrogens is 418 g/mol. The summed E-state index contributed by atoms with van der Waals surface area (Å²) in [6.07, 6.45) is 0.517. The predicted molar refractivity (Wildman–Crippen MR) is 118 cm³/mol. The highest BCUT2D eigenvalue weighted by molar-refractivity contribution is 8.00. The Labute approximate surface area is 184 Å². The molecule has 3 aromatic rings. The average molecular weight is 444 g/mol. The van der Waals surface area contributed by atoms with Gasteiger partial charge in [0.05, 0.1) is 22.4 Å². The standard InChI is InChI=1S/C21H25N5O2S2/c1-15(30-21-24-23-19(28-21)12-18-14-29-16(2)22-18)20(27)26-10-8-25(9-11-26)13-17-6-4-3-5-7-17/h3-7,14-15H,8-13H2,1-2H3. The summed E-state index contributed by atoms with van der Waals surface area (Å²) < 4.78 is 5.71. The van der Waals surface area contributed by atoms with Crippen LogP contribution in [0.3, 0.4) is 0 Å². The fourth-order valence-electron chi connectivity index (χ4n) is 3.43. The highest BCUT2D eigenvalue weighted by atomic mass is 32.2. The number of rotatable bonds is 7. The summed E-state index contributed by atoms with van der Waals surface area (Å²) in [4.78, 5) is 21.6. The number of hydrogen-bond acceptors (Lipinski definition) is 8. The van der Waals surface area contributed by atoms with Gasteiger partial charge >= 0.3 is 0 Å². The van der Waals surface area contributed by atoms with Crippen LogP contribution >= 0.6 is 23.1 Å². The molecule has 3 heterocycles. The van der Waals surface area contributed by atoms with Gasteiger partial charge in [0.2, 0.25) is 11.8 Å². The second kappa shape index (κ2) is 9.72. The molecule has 2 aromatic heterocycles. The van der Waals surface area contributed by atoms with E-state index in [1.807, 2.05) is 30.2 Å². The van der Waals surface area contributed by atoms with Crippen molar-refractivity contribution in [2.45, 2.75) is 37.3 Å². The lowest BCUT2D eigenvalue weighted by Gasteiger charge is -2.35. The smallest absolute Gasteiger partial charge is 0.277 e. The molecule has 0 saturated carbocycles. The Hall–Kier alpha value is -2.23. The summed E-state index contributed by atoms with van der Waals surface area (Å²) >= 11 is 2.92. The fraction of sp³-hybridized carbons (Fsp3) is 0.429. The maximum absolute atomic E-state index is 12.9. The van der Waals surface area contributed by atoms with E-state index in [0.29, 0.717) is 17.5 Å². The van der Waals surface area contributed by atoms with Crippen LogP contribution in [0.25, 0.3) is 0 Å². The second-order valence-electron chi connectivity index (χ2n) is 7.34. The molecule has 0 N–H and O–H groups in total. The molecule has 1 aromatic carbocycles. The molecule has 30 heavy (non-hydrogen) atoms. The van der Waals surface area contributed by atoms with E-state index in [1.165, 1.54) is 17.3 Å². The van der Waals surface area contributed by atoms with E-state index in [-0.39, 0.29) is 11.2 Å². The van der Waals surface area contributed by atoms with E-state index in [0.717, 1.165) is 43.4 Å². The molecule has 1 aliphatic rings. The van der Waals surface area contributed by atoms with E-state index < -0.39 is 0 Å². The number of benzene rings is 1. The van der Waals surface area contributed by atoms with E-state index in [9.17, 15) is 4.79 Å². The van der Waals surface area contributed by atoms with Crippen molar-refractivity contribution in [2.24, 2.45) is 0 Å². The van der Waals surface area contributed by atoms with Crippen molar-refractivity contribution in [1.82, 2.24) is 25.0 Å². The number of carbonyl (C=O) groups excluding carboxylic acids is 1. The first-order chi connectivity index (χ1) is 14.6. The molecule has 0 aliphatic carbocycles. The van der Waals surface area contributed by atoms with Crippen LogP contribution in [0.5, 0.6) is 0 Å². The Morgan fingerprint density at radius 1 is 1.20 bits per heavy atom. The minimum Gasteiger partial charge on any atom is -0.416 e. The van der Waals surface area contributed by atoms with Crippen LogP contribution in [-0.4, -0.2) is 62.3 Å². The summed E-state index contributed by atoms with van der Waals surface area (Å²) in [7, 11) is 0. The number of thiazole rings is 1. The minimum atomic E-state index is -0.263. The number of piperazine rings is 1. The fourth-order valence-corrected chi connectivity index (χ4v) is 4.83. The van der Waals surface area contributed by atoms with Gasteiger partial charge in [-0.1, -0.05) is 42.1 Å². The van der Waals surface area contributed by atoms with Crippen LogP contribution in [0.1, 0.15) is 29.1 Å². The van der Waals surface area contributed by atoms with Gasteiger partial charge in [0.1, 0.15) is 0 Å². The highest BCUT2D eigenvalue weighted by Gasteiger charge is 2.27. The van der Waals surface area contributed by atoms with Gasteiger partial charge < -0.3 is 9.32 Å². The Balaban J connectivity index is 1.25. The van der Waals surface area contributed by atoms with Crippen LogP contribution in [0, 0.1) is 6.92 Å². The summed E-state index contributed by atoms with van der Waals surface area (Å²) in [5, 5.41) is 11.4. The van der Waals surface area contributed by atoms with E-state index in [4.69, 9.17) is 4.42 Å². The Morgan fingerprint density at radius 3 is 2.67 bits per heavy atom. The lowest BCUT2D eigenvalue weighted by molar-refractivity contribution is -0.132. The molecule has 1 unspecified atom stereocenters. The number of aryl methyl sites for hydroxylation is 1. The molecule has 1 aliphatic heterocycles. The SMILES string of the molecule is Cc1nc(Cc2nnc(SC(C)C(=O)N3CCN(Cc4ccccc4)CC3)o2)cs1.